The van der Waals surface area contributed by atoms with Crippen LogP contribution in [0.15, 0.2) is 48.1 Å². The SMILES string of the molecule is C1=CCC=C1.C[N+](C)(C)CC1=CC=CC1.[Br-].[Fe+2]. The number of rotatable bonds is 2. The van der Waals surface area contributed by atoms with E-state index in [1.165, 1.54) is 6.54 Å². The van der Waals surface area contributed by atoms with Gasteiger partial charge in [-0.3, -0.25) is 0 Å². The third-order valence-electron chi connectivity index (χ3n) is 2.18. The summed E-state index contributed by atoms with van der Waals surface area (Å²) in [7, 11) is 6.66. The van der Waals surface area contributed by atoms with Gasteiger partial charge >= 0.3 is 17.1 Å². The topological polar surface area (TPSA) is 0 Å². The van der Waals surface area contributed by atoms with Crippen molar-refractivity contribution in [3.05, 3.63) is 48.1 Å². The summed E-state index contributed by atoms with van der Waals surface area (Å²) in [6, 6.07) is 0. The molecule has 0 radical (unpaired) electrons. The molecule has 96 valence electrons. The van der Waals surface area contributed by atoms with E-state index in [9.17, 15) is 0 Å². The summed E-state index contributed by atoms with van der Waals surface area (Å²) >= 11 is 0. The fourth-order valence-corrected chi connectivity index (χ4v) is 1.61. The summed E-state index contributed by atoms with van der Waals surface area (Å²) in [4.78, 5) is 0. The maximum Gasteiger partial charge on any atom is 2.00 e. The largest absolute Gasteiger partial charge is 2.00 e. The molecule has 0 aromatic carbocycles. The molecule has 0 aromatic rings. The van der Waals surface area contributed by atoms with Crippen LogP contribution >= 0.6 is 0 Å². The molecule has 0 saturated heterocycles. The summed E-state index contributed by atoms with van der Waals surface area (Å²) in [6.45, 7) is 1.17. The first kappa shape index (κ1) is 19.3. The predicted molar refractivity (Wildman–Crippen MR) is 67.6 cm³/mol. The van der Waals surface area contributed by atoms with Gasteiger partial charge in [0.2, 0.25) is 0 Å². The minimum absolute atomic E-state index is 0. The van der Waals surface area contributed by atoms with Gasteiger partial charge < -0.3 is 21.5 Å². The Morgan fingerprint density at radius 2 is 1.59 bits per heavy atom. The number of halogens is 1. The standard InChI is InChI=1S/C9H16N.C5H6.BrH.Fe/c1-10(2,3)8-9-6-4-5-7-9;1-2-4-5-3-1;;/h4-6H,7-8H2,1-3H3;1-4H,5H2;1H;/q+1;;;+2/p-1. The predicted octanol–water partition coefficient (Wildman–Crippen LogP) is 0.0829. The van der Waals surface area contributed by atoms with E-state index in [-0.39, 0.29) is 34.1 Å². The zero-order valence-electron chi connectivity index (χ0n) is 10.8. The van der Waals surface area contributed by atoms with Crippen LogP contribution in [0, 0.1) is 0 Å². The molecule has 0 unspecified atom stereocenters. The van der Waals surface area contributed by atoms with Crippen LogP contribution in [-0.2, 0) is 17.1 Å². The number of hydrogen-bond acceptors (Lipinski definition) is 0. The number of nitrogens with zero attached hydrogens (tertiary/aromatic N) is 1. The van der Waals surface area contributed by atoms with Gasteiger partial charge in [0.1, 0.15) is 6.54 Å². The van der Waals surface area contributed by atoms with Crippen LogP contribution in [-0.4, -0.2) is 32.2 Å². The average molecular weight is 340 g/mol. The van der Waals surface area contributed by atoms with Gasteiger partial charge in [-0.25, -0.2) is 0 Å². The van der Waals surface area contributed by atoms with E-state index in [1.807, 2.05) is 0 Å². The molecule has 0 heterocycles. The van der Waals surface area contributed by atoms with E-state index >= 15 is 0 Å². The van der Waals surface area contributed by atoms with Crippen molar-refractivity contribution in [2.24, 2.45) is 0 Å². The van der Waals surface area contributed by atoms with Gasteiger partial charge in [0.05, 0.1) is 21.1 Å². The third-order valence-corrected chi connectivity index (χ3v) is 2.18. The van der Waals surface area contributed by atoms with Crippen LogP contribution in [0.4, 0.5) is 0 Å². The molecule has 0 amide bonds. The molecule has 0 bridgehead atoms. The van der Waals surface area contributed by atoms with Crippen molar-refractivity contribution in [1.29, 1.82) is 0 Å². The minimum Gasteiger partial charge on any atom is -1.00 e. The Morgan fingerprint density at radius 3 is 1.88 bits per heavy atom. The summed E-state index contributed by atoms with van der Waals surface area (Å²) < 4.78 is 1.04. The molecular weight excluding hydrogens is 318 g/mol. The molecule has 2 aliphatic carbocycles. The van der Waals surface area contributed by atoms with E-state index in [0.29, 0.717) is 0 Å². The molecular formula is C14H22BrFeN+2. The molecule has 0 fully saturated rings. The van der Waals surface area contributed by atoms with Crippen molar-refractivity contribution in [2.45, 2.75) is 12.8 Å². The average Bonchev–Trinajstić information content (AvgIpc) is 2.71. The van der Waals surface area contributed by atoms with Crippen molar-refractivity contribution in [1.82, 2.24) is 0 Å². The van der Waals surface area contributed by atoms with Crippen LogP contribution in [0.1, 0.15) is 12.8 Å². The van der Waals surface area contributed by atoms with Crippen LogP contribution < -0.4 is 17.0 Å². The molecule has 3 heteroatoms. The van der Waals surface area contributed by atoms with Crippen molar-refractivity contribution < 1.29 is 38.5 Å². The third kappa shape index (κ3) is 10.8. The summed E-state index contributed by atoms with van der Waals surface area (Å²) in [6.07, 6.45) is 17.2. The Morgan fingerprint density at radius 1 is 1.00 bits per heavy atom. The summed E-state index contributed by atoms with van der Waals surface area (Å²) in [5.41, 5.74) is 1.55. The van der Waals surface area contributed by atoms with Crippen LogP contribution in [0.3, 0.4) is 0 Å². The molecule has 0 aromatic heterocycles. The van der Waals surface area contributed by atoms with E-state index in [1.54, 1.807) is 5.57 Å². The van der Waals surface area contributed by atoms with Crippen molar-refractivity contribution in [3.8, 4) is 0 Å². The zero-order valence-corrected chi connectivity index (χ0v) is 13.5. The van der Waals surface area contributed by atoms with Gasteiger partial charge in [-0.05, 0) is 18.4 Å². The fourth-order valence-electron chi connectivity index (χ4n) is 1.61. The smallest absolute Gasteiger partial charge is 1.00 e. The van der Waals surface area contributed by atoms with Crippen LogP contribution in [0.25, 0.3) is 0 Å². The number of hydrogen-bond donors (Lipinski definition) is 0. The first-order chi connectivity index (χ1) is 7.08. The summed E-state index contributed by atoms with van der Waals surface area (Å²) in [5, 5.41) is 0. The molecule has 0 N–H and O–H groups in total. The Hall–Kier alpha value is -0.0805. The molecule has 2 rings (SSSR count). The Bertz CT molecular complexity index is 299. The molecule has 0 aliphatic heterocycles. The fraction of sp³-hybridized carbons (Fsp3) is 0.429. The van der Waals surface area contributed by atoms with E-state index < -0.39 is 0 Å². The molecule has 17 heavy (non-hydrogen) atoms. The molecule has 0 atom stereocenters. The number of likely N-dealkylation sites (N-methyl/N-ethyl adjacent to an activating group) is 1. The zero-order chi connectivity index (χ0) is 11.1. The monoisotopic (exact) mass is 339 g/mol. The van der Waals surface area contributed by atoms with Gasteiger partial charge in [0.25, 0.3) is 0 Å². The second kappa shape index (κ2) is 9.90. The molecule has 1 nitrogen and oxygen atoms in total. The second-order valence-corrected chi connectivity index (χ2v) is 5.00. The van der Waals surface area contributed by atoms with Gasteiger partial charge in [-0.1, -0.05) is 42.5 Å². The first-order valence-corrected chi connectivity index (χ1v) is 5.55. The minimum atomic E-state index is 0. The van der Waals surface area contributed by atoms with E-state index in [2.05, 4.69) is 63.7 Å². The maximum absolute atomic E-state index is 2.23. The Kier molecular flexibility index (Phi) is 11.2. The Balaban J connectivity index is 0. The van der Waals surface area contributed by atoms with Gasteiger partial charge in [-0.15, -0.1) is 0 Å². The summed E-state index contributed by atoms with van der Waals surface area (Å²) in [5.74, 6) is 0. The van der Waals surface area contributed by atoms with E-state index in [0.717, 1.165) is 17.3 Å². The quantitative estimate of drug-likeness (QED) is 0.494. The number of allylic oxidation sites excluding steroid dienone is 7. The van der Waals surface area contributed by atoms with Gasteiger partial charge in [-0.2, -0.15) is 0 Å². The normalized spacial score (nSPS) is 15.6. The van der Waals surface area contributed by atoms with Gasteiger partial charge in [0.15, 0.2) is 0 Å². The second-order valence-electron chi connectivity index (χ2n) is 5.00. The first-order valence-electron chi connectivity index (χ1n) is 5.55. The van der Waals surface area contributed by atoms with Crippen molar-refractivity contribution in [2.75, 3.05) is 27.7 Å². The van der Waals surface area contributed by atoms with Crippen molar-refractivity contribution >= 4 is 0 Å². The molecule has 2 aliphatic rings. The molecule has 0 saturated carbocycles. The van der Waals surface area contributed by atoms with E-state index in [4.69, 9.17) is 0 Å². The van der Waals surface area contributed by atoms with Crippen LogP contribution in [0.5, 0.6) is 0 Å². The van der Waals surface area contributed by atoms with Crippen LogP contribution in [0.2, 0.25) is 0 Å². The Labute approximate surface area is 127 Å². The maximum atomic E-state index is 2.23. The van der Waals surface area contributed by atoms with Crippen molar-refractivity contribution in [3.63, 3.8) is 0 Å². The van der Waals surface area contributed by atoms with Gasteiger partial charge in [0, 0.05) is 0 Å². The molecule has 0 spiro atoms. The number of quaternary nitrogens is 1.